The molecule has 106 valence electrons. The first-order valence-corrected chi connectivity index (χ1v) is 7.43. The van der Waals surface area contributed by atoms with Crippen LogP contribution >= 0.6 is 11.6 Å². The van der Waals surface area contributed by atoms with Crippen molar-refractivity contribution in [1.82, 2.24) is 0 Å². The van der Waals surface area contributed by atoms with Gasteiger partial charge < -0.3 is 4.90 Å². The van der Waals surface area contributed by atoms with Gasteiger partial charge in [0.15, 0.2) is 0 Å². The molecule has 1 saturated carbocycles. The summed E-state index contributed by atoms with van der Waals surface area (Å²) >= 11 is 5.63. The molecule has 0 aliphatic heterocycles. The molecule has 0 heterocycles. The second-order valence-corrected chi connectivity index (χ2v) is 5.57. The van der Waals surface area contributed by atoms with Crippen molar-refractivity contribution >= 4 is 17.3 Å². The van der Waals surface area contributed by atoms with Crippen LogP contribution in [0.15, 0.2) is 12.1 Å². The van der Waals surface area contributed by atoms with Gasteiger partial charge in [-0.25, -0.2) is 8.78 Å². The first kappa shape index (κ1) is 14.6. The van der Waals surface area contributed by atoms with Crippen molar-refractivity contribution in [2.75, 3.05) is 11.9 Å². The largest absolute Gasteiger partial charge is 0.367 e. The normalized spacial score (nSPS) is 17.3. The van der Waals surface area contributed by atoms with Crippen molar-refractivity contribution in [2.45, 2.75) is 50.4 Å². The molecule has 1 nitrogen and oxygen atoms in total. The van der Waals surface area contributed by atoms with Crippen LogP contribution in [0.1, 0.15) is 44.1 Å². The van der Waals surface area contributed by atoms with Crippen LogP contribution < -0.4 is 4.90 Å². The minimum atomic E-state index is -0.512. The highest BCUT2D eigenvalue weighted by Crippen LogP contribution is 2.30. The van der Waals surface area contributed by atoms with Gasteiger partial charge in [0.2, 0.25) is 0 Å². The van der Waals surface area contributed by atoms with Crippen molar-refractivity contribution in [3.05, 3.63) is 29.3 Å². The molecule has 1 aliphatic rings. The Morgan fingerprint density at radius 3 is 2.11 bits per heavy atom. The number of hydrogen-bond acceptors (Lipinski definition) is 1. The van der Waals surface area contributed by atoms with E-state index in [1.807, 2.05) is 0 Å². The second kappa shape index (κ2) is 6.56. The van der Waals surface area contributed by atoms with Gasteiger partial charge in [0.05, 0.1) is 0 Å². The number of hydrogen-bond donors (Lipinski definition) is 0. The Bertz CT molecular complexity index is 405. The Morgan fingerprint density at radius 2 is 1.63 bits per heavy atom. The lowest BCUT2D eigenvalue weighted by molar-refractivity contribution is 0.517. The molecule has 0 radical (unpaired) electrons. The Labute approximate surface area is 118 Å². The molecule has 1 aliphatic carbocycles. The van der Waals surface area contributed by atoms with Crippen LogP contribution in [0, 0.1) is 11.6 Å². The van der Waals surface area contributed by atoms with E-state index in [4.69, 9.17) is 11.6 Å². The molecule has 0 aromatic heterocycles. The van der Waals surface area contributed by atoms with Gasteiger partial charge in [0, 0.05) is 19.0 Å². The molecule has 19 heavy (non-hydrogen) atoms. The first-order valence-electron chi connectivity index (χ1n) is 6.90. The lowest BCUT2D eigenvalue weighted by atomic mass is 10.1. The third kappa shape index (κ3) is 3.38. The van der Waals surface area contributed by atoms with Gasteiger partial charge >= 0.3 is 0 Å². The summed E-state index contributed by atoms with van der Waals surface area (Å²) in [5, 5.41) is 0. The molecule has 0 spiro atoms. The molecular weight excluding hydrogens is 268 g/mol. The number of anilines is 1. The third-order valence-corrected chi connectivity index (χ3v) is 4.26. The number of rotatable bonds is 3. The molecule has 4 heteroatoms. The summed E-state index contributed by atoms with van der Waals surface area (Å²) in [5.41, 5.74) is 0.565. The van der Waals surface area contributed by atoms with Crippen LogP contribution in [0.4, 0.5) is 14.5 Å². The second-order valence-electron chi connectivity index (χ2n) is 5.30. The maximum absolute atomic E-state index is 14.1. The quantitative estimate of drug-likeness (QED) is 0.567. The van der Waals surface area contributed by atoms with Gasteiger partial charge in [0.1, 0.15) is 17.3 Å². The highest BCUT2D eigenvalue weighted by molar-refractivity contribution is 6.17. The fraction of sp³-hybridized carbons (Fsp3) is 0.600. The number of halogens is 3. The SMILES string of the molecule is CN(c1c(F)cc(CCl)cc1F)C1CCCCCC1. The fourth-order valence-corrected chi connectivity index (χ4v) is 3.01. The minimum Gasteiger partial charge on any atom is -0.367 e. The monoisotopic (exact) mass is 287 g/mol. The molecule has 1 aromatic rings. The summed E-state index contributed by atoms with van der Waals surface area (Å²) in [5.74, 6) is -0.897. The van der Waals surface area contributed by atoms with Gasteiger partial charge in [-0.2, -0.15) is 0 Å². The third-order valence-electron chi connectivity index (χ3n) is 3.96. The zero-order chi connectivity index (χ0) is 13.8. The van der Waals surface area contributed by atoms with Gasteiger partial charge in [-0.05, 0) is 30.5 Å². The highest BCUT2D eigenvalue weighted by atomic mass is 35.5. The summed E-state index contributed by atoms with van der Waals surface area (Å²) in [6.45, 7) is 0. The van der Waals surface area contributed by atoms with Crippen molar-refractivity contribution in [1.29, 1.82) is 0 Å². The topological polar surface area (TPSA) is 3.24 Å². The van der Waals surface area contributed by atoms with Crippen molar-refractivity contribution in [3.8, 4) is 0 Å². The summed E-state index contributed by atoms with van der Waals surface area (Å²) in [4.78, 5) is 1.77. The molecule has 0 atom stereocenters. The summed E-state index contributed by atoms with van der Waals surface area (Å²) in [6.07, 6.45) is 6.73. The van der Waals surface area contributed by atoms with E-state index in [0.29, 0.717) is 5.56 Å². The van der Waals surface area contributed by atoms with Gasteiger partial charge in [0.25, 0.3) is 0 Å². The maximum atomic E-state index is 14.1. The van der Waals surface area contributed by atoms with Crippen LogP contribution in [0.3, 0.4) is 0 Å². The van der Waals surface area contributed by atoms with Crippen molar-refractivity contribution < 1.29 is 8.78 Å². The van der Waals surface area contributed by atoms with Crippen LogP contribution in [-0.2, 0) is 5.88 Å². The van der Waals surface area contributed by atoms with Crippen LogP contribution in [0.5, 0.6) is 0 Å². The van der Waals surface area contributed by atoms with Gasteiger partial charge in [-0.15, -0.1) is 11.6 Å². The average Bonchev–Trinajstić information content (AvgIpc) is 2.66. The highest BCUT2D eigenvalue weighted by Gasteiger charge is 2.22. The van der Waals surface area contributed by atoms with E-state index >= 15 is 0 Å². The zero-order valence-corrected chi connectivity index (χ0v) is 12.0. The van der Waals surface area contributed by atoms with Crippen molar-refractivity contribution in [3.63, 3.8) is 0 Å². The molecule has 2 rings (SSSR count). The lowest BCUT2D eigenvalue weighted by Crippen LogP contribution is -2.32. The Hall–Kier alpha value is -0.830. The number of nitrogens with zero attached hydrogens (tertiary/aromatic N) is 1. The predicted molar refractivity (Wildman–Crippen MR) is 75.8 cm³/mol. The van der Waals surface area contributed by atoms with E-state index in [1.165, 1.54) is 25.0 Å². The summed E-state index contributed by atoms with van der Waals surface area (Å²) in [7, 11) is 1.79. The van der Waals surface area contributed by atoms with E-state index in [9.17, 15) is 8.78 Å². The van der Waals surface area contributed by atoms with Gasteiger partial charge in [-0.1, -0.05) is 25.7 Å². The molecule has 0 amide bonds. The molecule has 0 unspecified atom stereocenters. The predicted octanol–water partition coefficient (Wildman–Crippen LogP) is 4.86. The molecule has 1 aromatic carbocycles. The average molecular weight is 288 g/mol. The number of benzene rings is 1. The summed E-state index contributed by atoms with van der Waals surface area (Å²) < 4.78 is 28.1. The number of alkyl halides is 1. The van der Waals surface area contributed by atoms with Crippen LogP contribution in [0.25, 0.3) is 0 Å². The van der Waals surface area contributed by atoms with E-state index in [-0.39, 0.29) is 17.6 Å². The molecular formula is C15H20ClF2N. The molecule has 0 saturated heterocycles. The molecule has 1 fully saturated rings. The molecule has 0 bridgehead atoms. The molecule has 0 N–H and O–H groups in total. The van der Waals surface area contributed by atoms with E-state index in [0.717, 1.165) is 25.7 Å². The Morgan fingerprint density at radius 1 is 1.11 bits per heavy atom. The lowest BCUT2D eigenvalue weighted by Gasteiger charge is -2.30. The maximum Gasteiger partial charge on any atom is 0.149 e. The fourth-order valence-electron chi connectivity index (χ4n) is 2.86. The van der Waals surface area contributed by atoms with Crippen molar-refractivity contribution in [2.24, 2.45) is 0 Å². The zero-order valence-electron chi connectivity index (χ0n) is 11.3. The Balaban J connectivity index is 2.24. The summed E-state index contributed by atoms with van der Waals surface area (Å²) in [6, 6.07) is 2.89. The standard InChI is InChI=1S/C15H20ClF2N/c1-19(12-6-4-2-3-5-7-12)15-13(17)8-11(10-16)9-14(15)18/h8-9,12H,2-7,10H2,1H3. The van der Waals surface area contributed by atoms with Gasteiger partial charge in [-0.3, -0.25) is 0 Å². The van der Waals surface area contributed by atoms with E-state index in [2.05, 4.69) is 0 Å². The smallest absolute Gasteiger partial charge is 0.149 e. The minimum absolute atomic E-state index is 0.0840. The van der Waals surface area contributed by atoms with Crippen LogP contribution in [-0.4, -0.2) is 13.1 Å². The first-order chi connectivity index (χ1) is 9.13. The Kier molecular flexibility index (Phi) is 5.03. The van der Waals surface area contributed by atoms with E-state index < -0.39 is 11.6 Å². The van der Waals surface area contributed by atoms with E-state index in [1.54, 1.807) is 11.9 Å². The van der Waals surface area contributed by atoms with Crippen LogP contribution in [0.2, 0.25) is 0 Å².